The van der Waals surface area contributed by atoms with E-state index in [9.17, 15) is 9.90 Å². The van der Waals surface area contributed by atoms with Crippen molar-refractivity contribution in [2.75, 3.05) is 6.54 Å². The summed E-state index contributed by atoms with van der Waals surface area (Å²) in [5.41, 5.74) is 0.825. The third-order valence-electron chi connectivity index (χ3n) is 3.45. The van der Waals surface area contributed by atoms with Gasteiger partial charge in [-0.25, -0.2) is 0 Å². The molecule has 2 unspecified atom stereocenters. The number of amides is 1. The average molecular weight is 314 g/mol. The minimum Gasteiger partial charge on any atom is -0.393 e. The fourth-order valence-corrected chi connectivity index (χ4v) is 2.63. The number of aliphatic hydroxyl groups excluding tert-OH is 1. The van der Waals surface area contributed by atoms with Crippen LogP contribution in [-0.4, -0.2) is 23.7 Å². The van der Waals surface area contributed by atoms with E-state index in [1.807, 2.05) is 0 Å². The third kappa shape index (κ3) is 4.51. The topological polar surface area (TPSA) is 49.3 Å². The van der Waals surface area contributed by atoms with Crippen LogP contribution in [0.1, 0.15) is 24.8 Å². The molecule has 2 rings (SSSR count). The maximum absolute atomic E-state index is 11.7. The predicted octanol–water partition coefficient (Wildman–Crippen LogP) is 3.28. The van der Waals surface area contributed by atoms with Crippen LogP contribution in [0.15, 0.2) is 24.3 Å². The first kappa shape index (κ1) is 15.4. The Bertz CT molecular complexity index is 517. The van der Waals surface area contributed by atoms with Gasteiger partial charge in [-0.15, -0.1) is 0 Å². The van der Waals surface area contributed by atoms with Gasteiger partial charge in [0.1, 0.15) is 0 Å². The maximum Gasteiger partial charge on any atom is 0.244 e. The monoisotopic (exact) mass is 313 g/mol. The molecule has 0 spiro atoms. The van der Waals surface area contributed by atoms with Gasteiger partial charge >= 0.3 is 0 Å². The zero-order chi connectivity index (χ0) is 14.5. The van der Waals surface area contributed by atoms with E-state index in [1.54, 1.807) is 24.3 Å². The van der Waals surface area contributed by atoms with E-state index in [4.69, 9.17) is 23.2 Å². The molecular weight excluding hydrogens is 297 g/mol. The third-order valence-corrected chi connectivity index (χ3v) is 4.19. The second-order valence-corrected chi connectivity index (χ2v) is 5.90. The molecule has 1 amide bonds. The van der Waals surface area contributed by atoms with Gasteiger partial charge in [0.2, 0.25) is 5.91 Å². The number of rotatable bonds is 4. The standard InChI is InChI=1S/C15H17Cl2NO2/c16-13-5-2-10(8-14(13)17)3-6-15(20)18-9-11-1-4-12(19)7-11/h2-3,5-6,8,11-12,19H,1,4,7,9H2,(H,18,20)/b6-3+. The van der Waals surface area contributed by atoms with Crippen molar-refractivity contribution >= 4 is 35.2 Å². The summed E-state index contributed by atoms with van der Waals surface area (Å²) in [6, 6.07) is 5.20. The summed E-state index contributed by atoms with van der Waals surface area (Å²) < 4.78 is 0. The van der Waals surface area contributed by atoms with Crippen LogP contribution >= 0.6 is 23.2 Å². The molecular formula is C15H17Cl2NO2. The molecule has 0 radical (unpaired) electrons. The summed E-state index contributed by atoms with van der Waals surface area (Å²) in [6.07, 6.45) is 5.55. The minimum atomic E-state index is -0.205. The lowest BCUT2D eigenvalue weighted by molar-refractivity contribution is -0.116. The average Bonchev–Trinajstić information content (AvgIpc) is 2.83. The smallest absolute Gasteiger partial charge is 0.244 e. The summed E-state index contributed by atoms with van der Waals surface area (Å²) in [5, 5.41) is 13.2. The van der Waals surface area contributed by atoms with E-state index in [-0.39, 0.29) is 12.0 Å². The molecule has 0 bridgehead atoms. The lowest BCUT2D eigenvalue weighted by Crippen LogP contribution is -2.26. The lowest BCUT2D eigenvalue weighted by atomic mass is 10.1. The van der Waals surface area contributed by atoms with Crippen molar-refractivity contribution in [1.29, 1.82) is 0 Å². The van der Waals surface area contributed by atoms with Gasteiger partial charge in [0.15, 0.2) is 0 Å². The van der Waals surface area contributed by atoms with Gasteiger partial charge in [-0.05, 0) is 49.0 Å². The molecule has 0 heterocycles. The molecule has 1 aromatic carbocycles. The number of hydrogen-bond acceptors (Lipinski definition) is 2. The fraction of sp³-hybridized carbons (Fsp3) is 0.400. The Morgan fingerprint density at radius 1 is 1.35 bits per heavy atom. The van der Waals surface area contributed by atoms with Gasteiger partial charge in [0.25, 0.3) is 0 Å². The number of aliphatic hydroxyl groups is 1. The van der Waals surface area contributed by atoms with Gasteiger partial charge < -0.3 is 10.4 Å². The van der Waals surface area contributed by atoms with E-state index in [2.05, 4.69) is 5.32 Å². The van der Waals surface area contributed by atoms with Crippen molar-refractivity contribution in [3.05, 3.63) is 39.9 Å². The highest BCUT2D eigenvalue weighted by Crippen LogP contribution is 2.24. The minimum absolute atomic E-state index is 0.141. The number of nitrogens with one attached hydrogen (secondary N) is 1. The van der Waals surface area contributed by atoms with E-state index < -0.39 is 0 Å². The Morgan fingerprint density at radius 2 is 2.15 bits per heavy atom. The highest BCUT2D eigenvalue weighted by molar-refractivity contribution is 6.42. The summed E-state index contributed by atoms with van der Waals surface area (Å²) in [7, 11) is 0. The molecule has 1 aromatic rings. The van der Waals surface area contributed by atoms with Crippen molar-refractivity contribution in [1.82, 2.24) is 5.32 Å². The molecule has 0 saturated heterocycles. The second-order valence-electron chi connectivity index (χ2n) is 5.08. The quantitative estimate of drug-likeness (QED) is 0.838. The van der Waals surface area contributed by atoms with E-state index in [0.29, 0.717) is 22.5 Å². The van der Waals surface area contributed by atoms with Gasteiger partial charge in [-0.3, -0.25) is 4.79 Å². The Balaban J connectivity index is 1.81. The maximum atomic E-state index is 11.7. The van der Waals surface area contributed by atoms with E-state index >= 15 is 0 Å². The van der Waals surface area contributed by atoms with Crippen molar-refractivity contribution in [3.8, 4) is 0 Å². The van der Waals surface area contributed by atoms with Crippen LogP contribution in [0, 0.1) is 5.92 Å². The molecule has 5 heteroatoms. The van der Waals surface area contributed by atoms with Gasteiger partial charge in [-0.2, -0.15) is 0 Å². The summed E-state index contributed by atoms with van der Waals surface area (Å²) in [6.45, 7) is 0.613. The van der Waals surface area contributed by atoms with Crippen molar-refractivity contribution < 1.29 is 9.90 Å². The molecule has 1 aliphatic carbocycles. The summed E-state index contributed by atoms with van der Waals surface area (Å²) in [4.78, 5) is 11.7. The molecule has 2 atom stereocenters. The first-order valence-electron chi connectivity index (χ1n) is 6.63. The van der Waals surface area contributed by atoms with Gasteiger partial charge in [0.05, 0.1) is 16.1 Å². The second kappa shape index (κ2) is 7.11. The highest BCUT2D eigenvalue weighted by atomic mass is 35.5. The summed E-state index contributed by atoms with van der Waals surface area (Å²) in [5.74, 6) is 0.241. The number of carbonyl (C=O) groups is 1. The lowest BCUT2D eigenvalue weighted by Gasteiger charge is -2.09. The zero-order valence-corrected chi connectivity index (χ0v) is 12.5. The number of hydrogen-bond donors (Lipinski definition) is 2. The molecule has 2 N–H and O–H groups in total. The first-order chi connectivity index (χ1) is 9.54. The predicted molar refractivity (Wildman–Crippen MR) is 81.9 cm³/mol. The van der Waals surface area contributed by atoms with Crippen LogP contribution in [0.5, 0.6) is 0 Å². The van der Waals surface area contributed by atoms with Crippen LogP contribution < -0.4 is 5.32 Å². The molecule has 108 valence electrons. The molecule has 20 heavy (non-hydrogen) atoms. The number of benzene rings is 1. The summed E-state index contributed by atoms with van der Waals surface area (Å²) >= 11 is 11.7. The largest absolute Gasteiger partial charge is 0.393 e. The van der Waals surface area contributed by atoms with Crippen molar-refractivity contribution in [3.63, 3.8) is 0 Å². The Hall–Kier alpha value is -1.03. The van der Waals surface area contributed by atoms with Crippen molar-refractivity contribution in [2.45, 2.75) is 25.4 Å². The van der Waals surface area contributed by atoms with E-state index in [0.717, 1.165) is 24.8 Å². The fourth-order valence-electron chi connectivity index (χ4n) is 2.33. The van der Waals surface area contributed by atoms with Crippen LogP contribution in [-0.2, 0) is 4.79 Å². The normalized spacial score (nSPS) is 22.4. The zero-order valence-electron chi connectivity index (χ0n) is 11.0. The molecule has 3 nitrogen and oxygen atoms in total. The SMILES string of the molecule is O=C(/C=C/c1ccc(Cl)c(Cl)c1)NCC1CCC(O)C1. The van der Waals surface area contributed by atoms with Gasteiger partial charge in [0, 0.05) is 12.6 Å². The Kier molecular flexibility index (Phi) is 5.46. The molecule has 1 aliphatic rings. The van der Waals surface area contributed by atoms with Crippen LogP contribution in [0.25, 0.3) is 6.08 Å². The molecule has 1 saturated carbocycles. The molecule has 0 aliphatic heterocycles. The number of carbonyl (C=O) groups excluding carboxylic acids is 1. The molecule has 1 fully saturated rings. The van der Waals surface area contributed by atoms with Crippen LogP contribution in [0.2, 0.25) is 10.0 Å². The first-order valence-corrected chi connectivity index (χ1v) is 7.39. The van der Waals surface area contributed by atoms with Crippen LogP contribution in [0.3, 0.4) is 0 Å². The molecule has 0 aromatic heterocycles. The number of halogens is 2. The Labute approximate surface area is 128 Å². The van der Waals surface area contributed by atoms with Crippen LogP contribution in [0.4, 0.5) is 0 Å². The van der Waals surface area contributed by atoms with Crippen molar-refractivity contribution in [2.24, 2.45) is 5.92 Å². The van der Waals surface area contributed by atoms with E-state index in [1.165, 1.54) is 6.08 Å². The Morgan fingerprint density at radius 3 is 2.80 bits per heavy atom. The highest BCUT2D eigenvalue weighted by Gasteiger charge is 2.22. The van der Waals surface area contributed by atoms with Gasteiger partial charge in [-0.1, -0.05) is 29.3 Å².